The minimum Gasteiger partial charge on any atom is -0.357 e. The molecule has 0 saturated heterocycles. The average Bonchev–Trinajstić information content (AvgIpc) is 3.44. The maximum atomic E-state index is 14.1. The van der Waals surface area contributed by atoms with Crippen molar-refractivity contribution in [2.45, 2.75) is 101 Å². The van der Waals surface area contributed by atoms with E-state index in [2.05, 4.69) is 10.6 Å². The van der Waals surface area contributed by atoms with E-state index in [9.17, 15) is 28.8 Å². The number of nitrogens with one attached hydrogen (secondary N) is 2. The first-order valence-corrected chi connectivity index (χ1v) is 26.4. The Bertz CT molecular complexity index is 2830. The Hall–Kier alpha value is -7.94. The number of amides is 6. The highest BCUT2D eigenvalue weighted by atomic mass is 16.2. The molecule has 0 aromatic heterocycles. The van der Waals surface area contributed by atoms with Crippen LogP contribution < -0.4 is 22.1 Å². The van der Waals surface area contributed by atoms with Crippen molar-refractivity contribution in [3.05, 3.63) is 192 Å². The molecule has 0 radical (unpaired) electrons. The van der Waals surface area contributed by atoms with Crippen molar-refractivity contribution in [1.29, 1.82) is 0 Å². The largest absolute Gasteiger partial charge is 0.357 e. The third kappa shape index (κ3) is 18.1. The molecule has 6 amide bonds. The average molecular weight is 1060 g/mol. The molecule has 14 heteroatoms. The Kier molecular flexibility index (Phi) is 22.2. The summed E-state index contributed by atoms with van der Waals surface area (Å²) in [6.07, 6.45) is 8.77. The Labute approximate surface area is 461 Å². The number of rotatable bonds is 22. The van der Waals surface area contributed by atoms with E-state index in [1.165, 1.54) is 31.8 Å². The molecule has 6 aromatic carbocycles. The van der Waals surface area contributed by atoms with E-state index < -0.39 is 35.2 Å². The van der Waals surface area contributed by atoms with Gasteiger partial charge in [-0.25, -0.2) is 0 Å². The van der Waals surface area contributed by atoms with Gasteiger partial charge in [-0.3, -0.25) is 28.8 Å². The van der Waals surface area contributed by atoms with Crippen LogP contribution in [0, 0.1) is 0 Å². The number of carbonyl (C=O) groups excluding carboxylic acids is 6. The summed E-state index contributed by atoms with van der Waals surface area (Å²) in [4.78, 5) is 86.2. The predicted octanol–water partition coefficient (Wildman–Crippen LogP) is 7.42. The smallest absolute Gasteiger partial charge is 0.246 e. The molecule has 0 saturated carbocycles. The van der Waals surface area contributed by atoms with E-state index in [1.807, 2.05) is 173 Å². The third-order valence-electron chi connectivity index (χ3n) is 13.8. The Morgan fingerprint density at radius 3 is 1.05 bits per heavy atom. The molecule has 0 aliphatic carbocycles. The van der Waals surface area contributed by atoms with Crippen molar-refractivity contribution in [2.75, 3.05) is 42.3 Å². The van der Waals surface area contributed by atoms with Gasteiger partial charge >= 0.3 is 0 Å². The number of benzene rings is 6. The number of hydrogen-bond acceptors (Lipinski definition) is 8. The summed E-state index contributed by atoms with van der Waals surface area (Å²) < 4.78 is 0. The van der Waals surface area contributed by atoms with Crippen molar-refractivity contribution in [3.63, 3.8) is 0 Å². The summed E-state index contributed by atoms with van der Waals surface area (Å²) in [5.41, 5.74) is 14.9. The molecule has 4 atom stereocenters. The number of carbonyl (C=O) groups is 6. The van der Waals surface area contributed by atoms with Crippen LogP contribution in [0.4, 0.5) is 0 Å². The van der Waals surface area contributed by atoms with E-state index in [0.717, 1.165) is 43.8 Å². The predicted molar refractivity (Wildman–Crippen MR) is 314 cm³/mol. The molecule has 0 spiro atoms. The molecule has 6 rings (SSSR count). The Balaban J connectivity index is 0.000000287. The molecule has 0 aliphatic heterocycles. The fourth-order valence-corrected chi connectivity index (χ4v) is 9.02. The van der Waals surface area contributed by atoms with Crippen molar-refractivity contribution in [1.82, 2.24) is 30.2 Å². The van der Waals surface area contributed by atoms with Crippen LogP contribution in [0.2, 0.25) is 0 Å². The quantitative estimate of drug-likeness (QED) is 0.0505. The highest BCUT2D eigenvalue weighted by Gasteiger charge is 2.36. The van der Waals surface area contributed by atoms with Crippen molar-refractivity contribution in [2.24, 2.45) is 11.5 Å². The van der Waals surface area contributed by atoms with E-state index in [0.29, 0.717) is 38.5 Å². The lowest BCUT2D eigenvalue weighted by molar-refractivity contribution is -0.146. The fraction of sp³-hybridized carbons (Fsp3) is 0.344. The van der Waals surface area contributed by atoms with Crippen LogP contribution in [0.5, 0.6) is 0 Å². The zero-order valence-electron chi connectivity index (χ0n) is 47.1. The summed E-state index contributed by atoms with van der Waals surface area (Å²) >= 11 is 0. The van der Waals surface area contributed by atoms with Crippen molar-refractivity contribution >= 4 is 57.0 Å². The van der Waals surface area contributed by atoms with Crippen LogP contribution in [-0.2, 0) is 54.5 Å². The van der Waals surface area contributed by atoms with Crippen LogP contribution in [0.25, 0.3) is 21.5 Å². The first kappa shape index (κ1) is 60.9. The molecule has 0 fully saturated rings. The summed E-state index contributed by atoms with van der Waals surface area (Å²) in [7, 11) is 9.64. The number of nitrogens with zero attached hydrogens (tertiary/aromatic N) is 4. The highest BCUT2D eigenvalue weighted by molar-refractivity contribution is 5.96. The Morgan fingerprint density at radius 1 is 0.423 bits per heavy atom. The first-order chi connectivity index (χ1) is 37.0. The van der Waals surface area contributed by atoms with Gasteiger partial charge in [0.2, 0.25) is 35.4 Å². The van der Waals surface area contributed by atoms with E-state index in [4.69, 9.17) is 11.5 Å². The first-order valence-electron chi connectivity index (χ1n) is 26.4. The summed E-state index contributed by atoms with van der Waals surface area (Å²) in [5.74, 6) is -1.75. The zero-order chi connectivity index (χ0) is 57.2. The van der Waals surface area contributed by atoms with Gasteiger partial charge in [0.15, 0.2) is 0 Å². The van der Waals surface area contributed by atoms with Crippen molar-refractivity contribution < 1.29 is 28.8 Å². The van der Waals surface area contributed by atoms with Crippen LogP contribution in [0.15, 0.2) is 170 Å². The fourth-order valence-electron chi connectivity index (χ4n) is 9.02. The van der Waals surface area contributed by atoms with Crippen LogP contribution in [0.3, 0.4) is 0 Å². The topological polar surface area (TPSA) is 191 Å². The van der Waals surface area contributed by atoms with Crippen LogP contribution in [0.1, 0.15) is 62.8 Å². The SMILES string of the molecule is CNC(=O)[C@@H](Cc1ccccc1)N(C)C(=O)[C@@H](Cc1ccc2ccccc2c1)N(C)C(=O)/C=C/CC(C)(C)N.CNC(=O)[C@@H](Cc1ccccc1)N(C)C(=O)[C@@H](Cc1ccc2ccccc2c1)N(C)C(=O)/C=C/CC(C)(C)N. The zero-order valence-corrected chi connectivity index (χ0v) is 47.1. The molecular formula is C64H80N8O6. The number of fused-ring (bicyclic) bond motifs is 2. The van der Waals surface area contributed by atoms with Gasteiger partial charge in [0.05, 0.1) is 0 Å². The van der Waals surface area contributed by atoms with E-state index in [-0.39, 0.29) is 35.4 Å². The standard InChI is InChI=1S/2C32H40N4O3/c2*1-32(2,33)19-11-16-29(37)35(4)28(22-24-17-18-25-14-9-10-15-26(25)20-24)31(39)36(5)27(30(38)34-3)21-23-12-7-6-8-13-23/h2*6-18,20,27-28H,19,21-22,33H2,1-5H3,(H,34,38)/b2*16-11+/t2*27-,28-/m11/s1. The van der Waals surface area contributed by atoms with Gasteiger partial charge in [0.1, 0.15) is 24.2 Å². The molecule has 0 unspecified atom stereocenters. The number of nitrogens with two attached hydrogens (primary N) is 2. The summed E-state index contributed by atoms with van der Waals surface area (Å²) in [5, 5.41) is 9.68. The molecular weight excluding hydrogens is 977 g/mol. The lowest BCUT2D eigenvalue weighted by Crippen LogP contribution is -2.55. The van der Waals surface area contributed by atoms with E-state index in [1.54, 1.807) is 54.4 Å². The highest BCUT2D eigenvalue weighted by Crippen LogP contribution is 2.23. The van der Waals surface area contributed by atoms with Gasteiger partial charge < -0.3 is 41.7 Å². The molecule has 6 N–H and O–H groups in total. The van der Waals surface area contributed by atoms with Crippen LogP contribution >= 0.6 is 0 Å². The Morgan fingerprint density at radius 2 is 0.731 bits per heavy atom. The van der Waals surface area contributed by atoms with Crippen LogP contribution in [-0.4, -0.2) is 133 Å². The second-order valence-electron chi connectivity index (χ2n) is 21.4. The van der Waals surface area contributed by atoms with Crippen molar-refractivity contribution in [3.8, 4) is 0 Å². The summed E-state index contributed by atoms with van der Waals surface area (Å²) in [6.45, 7) is 7.55. The second-order valence-corrected chi connectivity index (χ2v) is 21.4. The van der Waals surface area contributed by atoms with Gasteiger partial charge in [0.25, 0.3) is 0 Å². The minimum atomic E-state index is -0.817. The van der Waals surface area contributed by atoms with Gasteiger partial charge in [0, 0.05) is 79.0 Å². The van der Waals surface area contributed by atoms with Gasteiger partial charge in [-0.05, 0) is 96.5 Å². The number of hydrogen-bond donors (Lipinski definition) is 4. The molecule has 6 aromatic rings. The van der Waals surface area contributed by atoms with Gasteiger partial charge in [-0.2, -0.15) is 0 Å². The third-order valence-corrected chi connectivity index (χ3v) is 13.8. The molecule has 0 heterocycles. The number of likely N-dealkylation sites (N-methyl/N-ethyl adjacent to an activating group) is 6. The lowest BCUT2D eigenvalue weighted by Gasteiger charge is -2.34. The molecule has 0 bridgehead atoms. The molecule has 14 nitrogen and oxygen atoms in total. The lowest BCUT2D eigenvalue weighted by atomic mass is 9.98. The van der Waals surface area contributed by atoms with Gasteiger partial charge in [-0.15, -0.1) is 0 Å². The minimum absolute atomic E-state index is 0.266. The molecule has 412 valence electrons. The maximum Gasteiger partial charge on any atom is 0.246 e. The normalized spacial score (nSPS) is 13.2. The molecule has 78 heavy (non-hydrogen) atoms. The maximum absolute atomic E-state index is 14.1. The summed E-state index contributed by atoms with van der Waals surface area (Å²) in [6, 6.07) is 44.2. The second kappa shape index (κ2) is 28.4. The monoisotopic (exact) mass is 1060 g/mol. The van der Waals surface area contributed by atoms with Gasteiger partial charge in [-0.1, -0.05) is 158 Å². The molecule has 0 aliphatic rings. The van der Waals surface area contributed by atoms with E-state index >= 15 is 0 Å².